The third-order valence-corrected chi connectivity index (χ3v) is 5.98. The SMILES string of the molecule is O=C1N[C@]2(CCCc3sccc32)C(=O)N1C[C@@H](O)COc1ccccc1F. The van der Waals surface area contributed by atoms with Crippen LogP contribution in [-0.4, -0.2) is 41.2 Å². The van der Waals surface area contributed by atoms with Gasteiger partial charge in [0, 0.05) is 10.4 Å². The van der Waals surface area contributed by atoms with Gasteiger partial charge < -0.3 is 15.2 Å². The molecular formula is C19H19FN2O4S. The Labute approximate surface area is 159 Å². The highest BCUT2D eigenvalue weighted by Gasteiger charge is 2.54. The van der Waals surface area contributed by atoms with E-state index in [1.54, 1.807) is 17.4 Å². The van der Waals surface area contributed by atoms with E-state index in [0.717, 1.165) is 28.2 Å². The number of ether oxygens (including phenoxy) is 1. The van der Waals surface area contributed by atoms with Gasteiger partial charge in [-0.3, -0.25) is 9.69 Å². The third-order valence-electron chi connectivity index (χ3n) is 5.00. The first-order chi connectivity index (χ1) is 13.0. The van der Waals surface area contributed by atoms with E-state index in [2.05, 4.69) is 5.32 Å². The van der Waals surface area contributed by atoms with E-state index >= 15 is 0 Å². The molecule has 0 unspecified atom stereocenters. The minimum absolute atomic E-state index is 0.0143. The summed E-state index contributed by atoms with van der Waals surface area (Å²) in [6, 6.07) is 7.22. The van der Waals surface area contributed by atoms with Gasteiger partial charge in [0.25, 0.3) is 5.91 Å². The second-order valence-electron chi connectivity index (χ2n) is 6.76. The summed E-state index contributed by atoms with van der Waals surface area (Å²) >= 11 is 1.58. The van der Waals surface area contributed by atoms with Crippen LogP contribution in [0, 0.1) is 5.82 Å². The molecule has 1 aromatic heterocycles. The second kappa shape index (κ2) is 6.94. The molecule has 2 N–H and O–H groups in total. The molecule has 27 heavy (non-hydrogen) atoms. The average molecular weight is 390 g/mol. The lowest BCUT2D eigenvalue weighted by molar-refractivity contribution is -0.133. The van der Waals surface area contributed by atoms with Crippen molar-refractivity contribution >= 4 is 23.3 Å². The van der Waals surface area contributed by atoms with Crippen molar-refractivity contribution in [2.45, 2.75) is 30.9 Å². The Morgan fingerprint density at radius 3 is 2.96 bits per heavy atom. The van der Waals surface area contributed by atoms with E-state index < -0.39 is 23.5 Å². The highest BCUT2D eigenvalue weighted by Crippen LogP contribution is 2.42. The molecule has 0 saturated carbocycles. The van der Waals surface area contributed by atoms with Crippen molar-refractivity contribution in [3.8, 4) is 5.75 Å². The van der Waals surface area contributed by atoms with Crippen LogP contribution in [0.1, 0.15) is 23.3 Å². The quantitative estimate of drug-likeness (QED) is 0.769. The van der Waals surface area contributed by atoms with Gasteiger partial charge in [0.15, 0.2) is 11.6 Å². The fraction of sp³-hybridized carbons (Fsp3) is 0.368. The van der Waals surface area contributed by atoms with Crippen LogP contribution >= 0.6 is 11.3 Å². The summed E-state index contributed by atoms with van der Waals surface area (Å²) in [5, 5.41) is 15.0. The van der Waals surface area contributed by atoms with Crippen molar-refractivity contribution in [2.24, 2.45) is 0 Å². The molecule has 1 spiro atoms. The van der Waals surface area contributed by atoms with Gasteiger partial charge >= 0.3 is 6.03 Å². The predicted octanol–water partition coefficient (Wildman–Crippen LogP) is 2.41. The van der Waals surface area contributed by atoms with Crippen LogP contribution in [-0.2, 0) is 16.8 Å². The van der Waals surface area contributed by atoms with E-state index in [4.69, 9.17) is 4.74 Å². The number of carbonyl (C=O) groups excluding carboxylic acids is 2. The fourth-order valence-electron chi connectivity index (χ4n) is 3.72. The zero-order chi connectivity index (χ0) is 19.0. The number of para-hydroxylation sites is 1. The van der Waals surface area contributed by atoms with E-state index in [1.165, 1.54) is 18.2 Å². The van der Waals surface area contributed by atoms with Crippen molar-refractivity contribution in [1.29, 1.82) is 0 Å². The number of thiophene rings is 1. The highest BCUT2D eigenvalue weighted by molar-refractivity contribution is 7.10. The molecular weight excluding hydrogens is 371 g/mol. The van der Waals surface area contributed by atoms with Crippen LogP contribution in [0.15, 0.2) is 35.7 Å². The maximum absolute atomic E-state index is 13.6. The molecule has 1 aliphatic carbocycles. The third kappa shape index (κ3) is 3.08. The molecule has 8 heteroatoms. The fourth-order valence-corrected chi connectivity index (χ4v) is 4.72. The topological polar surface area (TPSA) is 78.9 Å². The molecule has 0 bridgehead atoms. The van der Waals surface area contributed by atoms with Crippen molar-refractivity contribution in [3.05, 3.63) is 52.0 Å². The number of urea groups is 1. The van der Waals surface area contributed by atoms with Crippen molar-refractivity contribution in [2.75, 3.05) is 13.2 Å². The number of carbonyl (C=O) groups is 2. The van der Waals surface area contributed by atoms with Crippen molar-refractivity contribution in [3.63, 3.8) is 0 Å². The summed E-state index contributed by atoms with van der Waals surface area (Å²) in [6.45, 7) is -0.435. The summed E-state index contributed by atoms with van der Waals surface area (Å²) in [5.74, 6) is -0.872. The molecule has 4 rings (SSSR count). The number of fused-ring (bicyclic) bond motifs is 2. The van der Waals surface area contributed by atoms with Gasteiger partial charge in [-0.05, 0) is 42.8 Å². The van der Waals surface area contributed by atoms with E-state index in [0.29, 0.717) is 6.42 Å². The molecule has 3 amide bonds. The Morgan fingerprint density at radius 1 is 1.33 bits per heavy atom. The van der Waals surface area contributed by atoms with Crippen molar-refractivity contribution < 1.29 is 23.8 Å². The van der Waals surface area contributed by atoms with Crippen LogP contribution in [0.3, 0.4) is 0 Å². The van der Waals surface area contributed by atoms with E-state index in [9.17, 15) is 19.1 Å². The minimum atomic E-state index is -1.13. The number of aliphatic hydroxyl groups excluding tert-OH is 1. The number of rotatable bonds is 5. The first-order valence-electron chi connectivity index (χ1n) is 8.77. The smallest absolute Gasteiger partial charge is 0.325 e. The number of halogens is 1. The zero-order valence-electron chi connectivity index (χ0n) is 14.5. The van der Waals surface area contributed by atoms with E-state index in [-0.39, 0.29) is 24.8 Å². The van der Waals surface area contributed by atoms with Crippen LogP contribution in [0.5, 0.6) is 5.75 Å². The van der Waals surface area contributed by atoms with Gasteiger partial charge in [-0.25, -0.2) is 9.18 Å². The summed E-state index contributed by atoms with van der Waals surface area (Å²) in [6.07, 6.45) is 1.13. The van der Waals surface area contributed by atoms with Gasteiger partial charge in [-0.15, -0.1) is 11.3 Å². The second-order valence-corrected chi connectivity index (χ2v) is 7.76. The van der Waals surface area contributed by atoms with Gasteiger partial charge in [0.1, 0.15) is 18.2 Å². The summed E-state index contributed by atoms with van der Waals surface area (Å²) in [4.78, 5) is 27.6. The molecule has 1 saturated heterocycles. The predicted molar refractivity (Wildman–Crippen MR) is 97.1 cm³/mol. The molecule has 142 valence electrons. The molecule has 2 atom stereocenters. The minimum Gasteiger partial charge on any atom is -0.488 e. The van der Waals surface area contributed by atoms with Gasteiger partial charge in [0.05, 0.1) is 6.54 Å². The molecule has 6 nitrogen and oxygen atoms in total. The summed E-state index contributed by atoms with van der Waals surface area (Å²) < 4.78 is 18.9. The molecule has 2 aromatic rings. The molecule has 1 aromatic carbocycles. The molecule has 2 aliphatic rings. The van der Waals surface area contributed by atoms with Crippen LogP contribution in [0.2, 0.25) is 0 Å². The molecule has 1 fully saturated rings. The first-order valence-corrected chi connectivity index (χ1v) is 9.65. The summed E-state index contributed by atoms with van der Waals surface area (Å²) in [7, 11) is 0. The number of nitrogens with one attached hydrogen (secondary N) is 1. The van der Waals surface area contributed by atoms with Gasteiger partial charge in [-0.1, -0.05) is 12.1 Å². The first kappa shape index (κ1) is 17.9. The largest absolute Gasteiger partial charge is 0.488 e. The lowest BCUT2D eigenvalue weighted by Gasteiger charge is -2.31. The standard InChI is InChI=1S/C19H19FN2O4S/c20-14-4-1-2-5-15(14)26-11-12(23)10-22-17(24)19(21-18(22)25)8-3-6-16-13(19)7-9-27-16/h1-2,4-5,7,9,12,23H,3,6,8,10-11H2,(H,21,25)/t12-,19+/m1/s1. The van der Waals surface area contributed by atoms with Crippen molar-refractivity contribution in [1.82, 2.24) is 10.2 Å². The van der Waals surface area contributed by atoms with Gasteiger partial charge in [-0.2, -0.15) is 0 Å². The normalized spacial score (nSPS) is 22.7. The number of β-amino-alcohol motifs (C(OH)–C–C–N with tert-alkyl or cyclic N) is 1. The number of imide groups is 1. The molecule has 0 radical (unpaired) electrons. The number of aryl methyl sites for hydroxylation is 1. The number of benzene rings is 1. The average Bonchev–Trinajstić information content (AvgIpc) is 3.22. The number of nitrogens with zero attached hydrogens (tertiary/aromatic N) is 1. The Balaban J connectivity index is 1.45. The lowest BCUT2D eigenvalue weighted by atomic mass is 9.80. The Kier molecular flexibility index (Phi) is 4.61. The molecule has 1 aliphatic heterocycles. The number of hydrogen-bond acceptors (Lipinski definition) is 5. The Bertz CT molecular complexity index is 886. The van der Waals surface area contributed by atoms with E-state index in [1.807, 2.05) is 11.4 Å². The van der Waals surface area contributed by atoms with Crippen LogP contribution < -0.4 is 10.1 Å². The number of amides is 3. The Morgan fingerprint density at radius 2 is 2.15 bits per heavy atom. The lowest BCUT2D eigenvalue weighted by Crippen LogP contribution is -2.46. The summed E-state index contributed by atoms with van der Waals surface area (Å²) in [5.41, 5.74) is -0.173. The van der Waals surface area contributed by atoms with Crippen LogP contribution in [0.25, 0.3) is 0 Å². The maximum atomic E-state index is 13.6. The number of aliphatic hydroxyl groups is 1. The van der Waals surface area contributed by atoms with Gasteiger partial charge in [0.2, 0.25) is 0 Å². The van der Waals surface area contributed by atoms with Crippen LogP contribution in [0.4, 0.5) is 9.18 Å². The zero-order valence-corrected chi connectivity index (χ0v) is 15.3. The molecule has 2 heterocycles. The monoisotopic (exact) mass is 390 g/mol. The maximum Gasteiger partial charge on any atom is 0.325 e. The highest BCUT2D eigenvalue weighted by atomic mass is 32.1. The number of hydrogen-bond donors (Lipinski definition) is 2. The Hall–Kier alpha value is -2.45.